The van der Waals surface area contributed by atoms with E-state index in [4.69, 9.17) is 4.74 Å². The first-order valence-corrected chi connectivity index (χ1v) is 11.3. The van der Waals surface area contributed by atoms with Gasteiger partial charge in [-0.25, -0.2) is 0 Å². The van der Waals surface area contributed by atoms with E-state index in [0.717, 1.165) is 32.1 Å². The number of ether oxygens (including phenoxy) is 1. The van der Waals surface area contributed by atoms with E-state index in [1.807, 2.05) is 34.1 Å². The van der Waals surface area contributed by atoms with Gasteiger partial charge in [0.05, 0.1) is 12.1 Å². The highest BCUT2D eigenvalue weighted by atomic mass is 16.5. The van der Waals surface area contributed by atoms with E-state index >= 15 is 0 Å². The molecule has 6 nitrogen and oxygen atoms in total. The molecular formula is C24H36N2O4. The van der Waals surface area contributed by atoms with Gasteiger partial charge in [0.15, 0.2) is 0 Å². The van der Waals surface area contributed by atoms with Gasteiger partial charge < -0.3 is 19.6 Å². The maximum atomic E-state index is 13.1. The quantitative estimate of drug-likeness (QED) is 0.820. The fourth-order valence-electron chi connectivity index (χ4n) is 4.52. The number of rotatable bonds is 3. The number of piperidine rings is 1. The molecule has 4 rings (SSSR count). The Bertz CT molecular complexity index is 726. The van der Waals surface area contributed by atoms with Crippen LogP contribution < -0.4 is 4.74 Å². The van der Waals surface area contributed by atoms with Crippen molar-refractivity contribution in [2.45, 2.75) is 52.4 Å². The van der Waals surface area contributed by atoms with Crippen molar-refractivity contribution in [2.75, 3.05) is 39.4 Å². The van der Waals surface area contributed by atoms with Gasteiger partial charge >= 0.3 is 0 Å². The fourth-order valence-corrected chi connectivity index (χ4v) is 4.52. The molecule has 30 heavy (non-hydrogen) atoms. The Morgan fingerprint density at radius 1 is 1.10 bits per heavy atom. The summed E-state index contributed by atoms with van der Waals surface area (Å²) in [6.07, 6.45) is 4.99. The minimum atomic E-state index is -0.111. The maximum Gasteiger partial charge on any atom is 0.257 e. The summed E-state index contributed by atoms with van der Waals surface area (Å²) in [5, 5.41) is 10.1. The number of nitrogens with zero attached hydrogens (tertiary/aromatic N) is 2. The van der Waals surface area contributed by atoms with E-state index in [0.29, 0.717) is 56.4 Å². The lowest BCUT2D eigenvalue weighted by Gasteiger charge is -2.41. The predicted octanol–water partition coefficient (Wildman–Crippen LogP) is 3.34. The Labute approximate surface area is 180 Å². The average molecular weight is 417 g/mol. The molecule has 2 bridgehead atoms. The first-order chi connectivity index (χ1) is 14.4. The van der Waals surface area contributed by atoms with Crippen molar-refractivity contribution >= 4 is 11.8 Å². The van der Waals surface area contributed by atoms with Gasteiger partial charge in [0.25, 0.3) is 5.91 Å². The summed E-state index contributed by atoms with van der Waals surface area (Å²) < 4.78 is 5.98. The normalized spacial score (nSPS) is 20.3. The molecule has 3 heterocycles. The predicted molar refractivity (Wildman–Crippen MR) is 116 cm³/mol. The van der Waals surface area contributed by atoms with Crippen LogP contribution in [-0.4, -0.2) is 66.1 Å². The van der Waals surface area contributed by atoms with Gasteiger partial charge in [0.1, 0.15) is 12.4 Å². The number of aliphatic hydroxyl groups excluding tert-OH is 1. The van der Waals surface area contributed by atoms with Crippen molar-refractivity contribution in [3.8, 4) is 5.75 Å². The van der Waals surface area contributed by atoms with Crippen molar-refractivity contribution in [1.29, 1.82) is 0 Å². The largest absolute Gasteiger partial charge is 0.491 e. The zero-order chi connectivity index (χ0) is 21.6. The summed E-state index contributed by atoms with van der Waals surface area (Å²) in [4.78, 5) is 29.6. The summed E-state index contributed by atoms with van der Waals surface area (Å²) in [6.45, 7) is 7.19. The van der Waals surface area contributed by atoms with Crippen molar-refractivity contribution in [1.82, 2.24) is 9.80 Å². The highest BCUT2D eigenvalue weighted by Gasteiger charge is 2.35. The van der Waals surface area contributed by atoms with Crippen LogP contribution in [0.3, 0.4) is 0 Å². The molecule has 6 heteroatoms. The molecule has 1 saturated heterocycles. The third kappa shape index (κ3) is 5.54. The van der Waals surface area contributed by atoms with Crippen LogP contribution in [0.15, 0.2) is 24.3 Å². The molecule has 1 N–H and O–H groups in total. The number of fused-ring (bicyclic) bond motifs is 9. The van der Waals surface area contributed by atoms with E-state index in [2.05, 4.69) is 13.8 Å². The average Bonchev–Trinajstić information content (AvgIpc) is 2.75. The molecule has 0 radical (unpaired) electrons. The van der Waals surface area contributed by atoms with E-state index in [-0.39, 0.29) is 23.8 Å². The highest BCUT2D eigenvalue weighted by molar-refractivity contribution is 5.97. The Balaban J connectivity index is 1.81. The summed E-state index contributed by atoms with van der Waals surface area (Å²) in [5.74, 6) is 1.04. The first-order valence-electron chi connectivity index (χ1n) is 11.3. The van der Waals surface area contributed by atoms with E-state index in [1.54, 1.807) is 0 Å². The van der Waals surface area contributed by atoms with Gasteiger partial charge in [0, 0.05) is 32.7 Å². The van der Waals surface area contributed by atoms with Crippen LogP contribution in [0.2, 0.25) is 0 Å². The summed E-state index contributed by atoms with van der Waals surface area (Å²) in [6, 6.07) is 7.36. The molecule has 1 fully saturated rings. The molecule has 0 spiro atoms. The number of hydrogen-bond donors (Lipinski definition) is 1. The maximum absolute atomic E-state index is 13.1. The third-order valence-corrected chi connectivity index (χ3v) is 6.50. The molecule has 1 aromatic rings. The molecule has 0 aliphatic carbocycles. The molecule has 2 amide bonds. The number of para-hydroxylation sites is 1. The SMILES string of the molecule is CC(C)CC(=O)N1CCCCC2(CO)CCN(CC2)C(=O)c2ccccc2OCC1. The van der Waals surface area contributed by atoms with Gasteiger partial charge in [0.2, 0.25) is 5.91 Å². The topological polar surface area (TPSA) is 70.1 Å². The monoisotopic (exact) mass is 416 g/mol. The first kappa shape index (κ1) is 22.6. The van der Waals surface area contributed by atoms with Crippen LogP contribution in [0, 0.1) is 11.3 Å². The summed E-state index contributed by atoms with van der Waals surface area (Å²) in [5.41, 5.74) is 0.462. The van der Waals surface area contributed by atoms with Crippen LogP contribution in [0.25, 0.3) is 0 Å². The number of carbonyl (C=O) groups excluding carboxylic acids is 2. The molecular weight excluding hydrogens is 380 g/mol. The Kier molecular flexibility index (Phi) is 7.75. The van der Waals surface area contributed by atoms with Crippen molar-refractivity contribution in [3.63, 3.8) is 0 Å². The van der Waals surface area contributed by atoms with Crippen LogP contribution >= 0.6 is 0 Å². The van der Waals surface area contributed by atoms with Gasteiger partial charge in [-0.3, -0.25) is 9.59 Å². The molecule has 0 atom stereocenters. The lowest BCUT2D eigenvalue weighted by molar-refractivity contribution is -0.132. The van der Waals surface area contributed by atoms with Crippen LogP contribution in [0.4, 0.5) is 0 Å². The van der Waals surface area contributed by atoms with E-state index in [1.165, 1.54) is 0 Å². The Morgan fingerprint density at radius 2 is 1.83 bits per heavy atom. The summed E-state index contributed by atoms with van der Waals surface area (Å²) in [7, 11) is 0. The van der Waals surface area contributed by atoms with Crippen LogP contribution in [0.5, 0.6) is 5.75 Å². The van der Waals surface area contributed by atoms with Gasteiger partial charge in [-0.05, 0) is 49.1 Å². The molecule has 3 aliphatic heterocycles. The van der Waals surface area contributed by atoms with E-state index < -0.39 is 0 Å². The lowest BCUT2D eigenvalue weighted by atomic mass is 9.75. The molecule has 3 aliphatic rings. The van der Waals surface area contributed by atoms with Crippen LogP contribution in [0.1, 0.15) is 62.7 Å². The number of amides is 2. The minimum Gasteiger partial charge on any atom is -0.491 e. The fraction of sp³-hybridized carbons (Fsp3) is 0.667. The van der Waals surface area contributed by atoms with Gasteiger partial charge in [-0.2, -0.15) is 0 Å². The number of aliphatic hydroxyl groups is 1. The lowest BCUT2D eigenvalue weighted by Crippen LogP contribution is -2.44. The van der Waals surface area contributed by atoms with Gasteiger partial charge in [-0.15, -0.1) is 0 Å². The smallest absolute Gasteiger partial charge is 0.257 e. The number of carbonyl (C=O) groups is 2. The second-order valence-corrected chi connectivity index (χ2v) is 9.23. The third-order valence-electron chi connectivity index (χ3n) is 6.50. The summed E-state index contributed by atoms with van der Waals surface area (Å²) >= 11 is 0. The standard InChI is InChI=1S/C24H36N2O4/c1-19(2)17-22(28)25-12-6-5-9-24(18-27)10-13-26(14-11-24)23(29)20-7-3-4-8-21(20)30-16-15-25/h3-4,7-8,19,27H,5-6,9-18H2,1-2H3. The minimum absolute atomic E-state index is 0.0141. The number of hydrogen-bond acceptors (Lipinski definition) is 4. The van der Waals surface area contributed by atoms with E-state index in [9.17, 15) is 14.7 Å². The van der Waals surface area contributed by atoms with Gasteiger partial charge in [-0.1, -0.05) is 32.4 Å². The van der Waals surface area contributed by atoms with Crippen molar-refractivity contribution < 1.29 is 19.4 Å². The highest BCUT2D eigenvalue weighted by Crippen LogP contribution is 2.37. The molecule has 1 aromatic carbocycles. The zero-order valence-corrected chi connectivity index (χ0v) is 18.4. The Morgan fingerprint density at radius 3 is 2.53 bits per heavy atom. The second-order valence-electron chi connectivity index (χ2n) is 9.23. The second kappa shape index (κ2) is 10.3. The van der Waals surface area contributed by atoms with Crippen molar-refractivity contribution in [2.24, 2.45) is 11.3 Å². The molecule has 166 valence electrons. The molecule has 0 aromatic heterocycles. The molecule has 0 saturated carbocycles. The molecule has 0 unspecified atom stereocenters. The van der Waals surface area contributed by atoms with Crippen LogP contribution in [-0.2, 0) is 4.79 Å². The zero-order valence-electron chi connectivity index (χ0n) is 18.4. The van der Waals surface area contributed by atoms with Crippen molar-refractivity contribution in [3.05, 3.63) is 29.8 Å². The number of benzene rings is 1. The Hall–Kier alpha value is -2.08.